The number of carbonyl (C=O) groups is 1. The quantitative estimate of drug-likeness (QED) is 0.692. The summed E-state index contributed by atoms with van der Waals surface area (Å²) in [7, 11) is 0. The number of β-amino-alcohol motifs (C(OH)–C–C–N with tert-alkyl or cyclic N) is 1. The lowest BCUT2D eigenvalue weighted by Crippen LogP contribution is -2.49. The molecule has 2 heterocycles. The maximum absolute atomic E-state index is 12.0. The summed E-state index contributed by atoms with van der Waals surface area (Å²) in [4.78, 5) is 12.0. The van der Waals surface area contributed by atoms with Crippen LogP contribution in [0.2, 0.25) is 0 Å². The van der Waals surface area contributed by atoms with Gasteiger partial charge in [0.2, 0.25) is 5.91 Å². The zero-order valence-corrected chi connectivity index (χ0v) is 10.6. The molecule has 1 amide bonds. The number of nitrogens with one attached hydrogen (secondary N) is 2. The fraction of sp³-hybridized carbons (Fsp3) is 0.500. The number of aliphatic hydroxyl groups excluding tert-OH is 1. The summed E-state index contributed by atoms with van der Waals surface area (Å²) in [5.41, 5.74) is 1.12. The predicted molar refractivity (Wildman–Crippen MR) is 70.0 cm³/mol. The number of amides is 1. The number of carbonyl (C=O) groups excluding carboxylic acids is 1. The summed E-state index contributed by atoms with van der Waals surface area (Å²) in [5, 5.41) is 15.4. The van der Waals surface area contributed by atoms with Gasteiger partial charge in [-0.1, -0.05) is 18.2 Å². The van der Waals surface area contributed by atoms with E-state index in [0.29, 0.717) is 19.6 Å². The number of hydrogen-bond acceptors (Lipinski definition) is 4. The number of aliphatic hydroxyl groups is 1. The van der Waals surface area contributed by atoms with Crippen LogP contribution >= 0.6 is 0 Å². The average Bonchev–Trinajstić information content (AvgIpc) is 2.85. The first-order chi connectivity index (χ1) is 9.22. The van der Waals surface area contributed by atoms with E-state index in [0.717, 1.165) is 17.7 Å². The Balaban J connectivity index is 1.58. The first-order valence-corrected chi connectivity index (χ1v) is 6.65. The van der Waals surface area contributed by atoms with Gasteiger partial charge in [-0.2, -0.15) is 0 Å². The Bertz CT molecular complexity index is 478. The molecule has 3 N–H and O–H groups in total. The minimum atomic E-state index is -0.418. The van der Waals surface area contributed by atoms with Gasteiger partial charge in [0.25, 0.3) is 0 Å². The topological polar surface area (TPSA) is 70.6 Å². The van der Waals surface area contributed by atoms with Crippen LogP contribution in [-0.2, 0) is 11.2 Å². The van der Waals surface area contributed by atoms with Crippen molar-refractivity contribution in [3.8, 4) is 5.75 Å². The second-order valence-electron chi connectivity index (χ2n) is 5.18. The van der Waals surface area contributed by atoms with Gasteiger partial charge in [0, 0.05) is 6.54 Å². The molecule has 3 atom stereocenters. The van der Waals surface area contributed by atoms with Crippen molar-refractivity contribution in [2.24, 2.45) is 0 Å². The molecule has 5 heteroatoms. The van der Waals surface area contributed by atoms with Crippen LogP contribution in [0.25, 0.3) is 0 Å². The molecule has 0 bridgehead atoms. The summed E-state index contributed by atoms with van der Waals surface area (Å²) in [6.45, 7) is 0.986. The van der Waals surface area contributed by atoms with Crippen molar-refractivity contribution in [1.29, 1.82) is 0 Å². The first kappa shape index (κ1) is 12.4. The van der Waals surface area contributed by atoms with Gasteiger partial charge in [-0.25, -0.2) is 0 Å². The van der Waals surface area contributed by atoms with E-state index in [-0.39, 0.29) is 18.0 Å². The highest BCUT2D eigenvalue weighted by Crippen LogP contribution is 2.24. The molecule has 1 aromatic carbocycles. The lowest BCUT2D eigenvalue weighted by molar-refractivity contribution is -0.124. The summed E-state index contributed by atoms with van der Waals surface area (Å²) < 4.78 is 5.64. The van der Waals surface area contributed by atoms with E-state index < -0.39 is 6.10 Å². The molecule has 1 aromatic rings. The third kappa shape index (κ3) is 2.72. The van der Waals surface area contributed by atoms with Gasteiger partial charge < -0.3 is 20.5 Å². The molecule has 0 unspecified atom stereocenters. The van der Waals surface area contributed by atoms with Crippen LogP contribution in [0.5, 0.6) is 5.75 Å². The van der Waals surface area contributed by atoms with Gasteiger partial charge in [0.05, 0.1) is 18.2 Å². The summed E-state index contributed by atoms with van der Waals surface area (Å²) >= 11 is 0. The van der Waals surface area contributed by atoms with E-state index in [9.17, 15) is 9.90 Å². The Hall–Kier alpha value is -1.59. The van der Waals surface area contributed by atoms with Gasteiger partial charge in [-0.15, -0.1) is 0 Å². The predicted octanol–water partition coefficient (Wildman–Crippen LogP) is -0.171. The highest BCUT2D eigenvalue weighted by molar-refractivity contribution is 5.82. The molecular weight excluding hydrogens is 244 g/mol. The molecule has 1 saturated heterocycles. The molecule has 2 aliphatic rings. The molecule has 0 aliphatic carbocycles. The Morgan fingerprint density at radius 3 is 3.05 bits per heavy atom. The van der Waals surface area contributed by atoms with Gasteiger partial charge in [0.1, 0.15) is 12.4 Å². The zero-order chi connectivity index (χ0) is 13.2. The number of para-hydroxylation sites is 1. The molecule has 3 rings (SSSR count). The Morgan fingerprint density at radius 1 is 1.42 bits per heavy atom. The summed E-state index contributed by atoms with van der Waals surface area (Å²) in [6.07, 6.45) is 0.853. The van der Waals surface area contributed by atoms with Crippen molar-refractivity contribution in [2.45, 2.75) is 31.0 Å². The monoisotopic (exact) mass is 262 g/mol. The fourth-order valence-electron chi connectivity index (χ4n) is 2.64. The summed E-state index contributed by atoms with van der Waals surface area (Å²) in [5.74, 6) is 0.854. The largest absolute Gasteiger partial charge is 0.491 e. The highest BCUT2D eigenvalue weighted by atomic mass is 16.5. The number of fused-ring (bicyclic) bond motifs is 1. The highest BCUT2D eigenvalue weighted by Gasteiger charge is 2.30. The molecule has 0 spiro atoms. The second kappa shape index (κ2) is 5.19. The minimum Gasteiger partial charge on any atom is -0.491 e. The molecule has 19 heavy (non-hydrogen) atoms. The van der Waals surface area contributed by atoms with E-state index in [4.69, 9.17) is 4.74 Å². The fourth-order valence-corrected chi connectivity index (χ4v) is 2.64. The number of benzene rings is 1. The Labute approximate surface area is 112 Å². The van der Waals surface area contributed by atoms with Crippen molar-refractivity contribution in [3.05, 3.63) is 29.8 Å². The van der Waals surface area contributed by atoms with Crippen molar-refractivity contribution >= 4 is 5.91 Å². The molecule has 2 aliphatic heterocycles. The van der Waals surface area contributed by atoms with Crippen LogP contribution in [0.15, 0.2) is 24.3 Å². The molecule has 102 valence electrons. The van der Waals surface area contributed by atoms with E-state index in [2.05, 4.69) is 10.6 Å². The average molecular weight is 262 g/mol. The molecular formula is C14H18N2O3. The summed E-state index contributed by atoms with van der Waals surface area (Å²) in [6, 6.07) is 7.60. The van der Waals surface area contributed by atoms with Crippen LogP contribution in [0.4, 0.5) is 0 Å². The molecule has 5 nitrogen and oxygen atoms in total. The van der Waals surface area contributed by atoms with Gasteiger partial charge in [-0.3, -0.25) is 4.79 Å². The van der Waals surface area contributed by atoms with Crippen molar-refractivity contribution < 1.29 is 14.6 Å². The molecule has 0 radical (unpaired) electrons. The first-order valence-electron chi connectivity index (χ1n) is 6.65. The van der Waals surface area contributed by atoms with E-state index in [1.165, 1.54) is 0 Å². The SMILES string of the molecule is O=C(N[C@@H]1COc2ccccc2C1)[C@@H]1C[C@@H](O)CN1. The van der Waals surface area contributed by atoms with E-state index in [1.54, 1.807) is 0 Å². The van der Waals surface area contributed by atoms with Crippen molar-refractivity contribution in [1.82, 2.24) is 10.6 Å². The minimum absolute atomic E-state index is 0.00180. The van der Waals surface area contributed by atoms with Crippen LogP contribution in [0.1, 0.15) is 12.0 Å². The lowest BCUT2D eigenvalue weighted by Gasteiger charge is -2.27. The smallest absolute Gasteiger partial charge is 0.237 e. The third-order valence-electron chi connectivity index (χ3n) is 3.65. The Morgan fingerprint density at radius 2 is 2.26 bits per heavy atom. The maximum atomic E-state index is 12.0. The lowest BCUT2D eigenvalue weighted by atomic mass is 10.0. The normalized spacial score (nSPS) is 29.4. The second-order valence-corrected chi connectivity index (χ2v) is 5.18. The molecule has 0 saturated carbocycles. The van der Waals surface area contributed by atoms with Crippen LogP contribution in [0.3, 0.4) is 0 Å². The standard InChI is InChI=1S/C14H18N2O3/c17-11-6-12(15-7-11)14(18)16-10-5-9-3-1-2-4-13(9)19-8-10/h1-4,10-12,15,17H,5-8H2,(H,16,18)/t10-,11+,12-/m0/s1. The molecule has 0 aromatic heterocycles. The van der Waals surface area contributed by atoms with E-state index >= 15 is 0 Å². The third-order valence-corrected chi connectivity index (χ3v) is 3.65. The van der Waals surface area contributed by atoms with Crippen molar-refractivity contribution in [3.63, 3.8) is 0 Å². The number of ether oxygens (including phenoxy) is 1. The Kier molecular flexibility index (Phi) is 3.40. The van der Waals surface area contributed by atoms with Crippen LogP contribution in [0, 0.1) is 0 Å². The van der Waals surface area contributed by atoms with Gasteiger partial charge >= 0.3 is 0 Å². The molecule has 1 fully saturated rings. The van der Waals surface area contributed by atoms with Crippen LogP contribution in [-0.4, -0.2) is 42.4 Å². The van der Waals surface area contributed by atoms with E-state index in [1.807, 2.05) is 24.3 Å². The number of rotatable bonds is 2. The van der Waals surface area contributed by atoms with Crippen LogP contribution < -0.4 is 15.4 Å². The zero-order valence-electron chi connectivity index (χ0n) is 10.6. The maximum Gasteiger partial charge on any atom is 0.237 e. The van der Waals surface area contributed by atoms with Gasteiger partial charge in [0.15, 0.2) is 0 Å². The number of hydrogen-bond donors (Lipinski definition) is 3. The van der Waals surface area contributed by atoms with Gasteiger partial charge in [-0.05, 0) is 24.5 Å². The van der Waals surface area contributed by atoms with Crippen molar-refractivity contribution in [2.75, 3.05) is 13.2 Å².